The number of methoxy groups -OCH3 is 1. The second kappa shape index (κ2) is 24.5. The van der Waals surface area contributed by atoms with Gasteiger partial charge in [0.2, 0.25) is 11.8 Å². The molecule has 61 heavy (non-hydrogen) atoms. The number of likely N-dealkylation sites (tertiary alicyclic amines) is 2. The third-order valence-corrected chi connectivity index (χ3v) is 11.9. The molecule has 2 amide bonds. The maximum Gasteiger partial charge on any atom is 0.305 e. The molecule has 0 aromatic heterocycles. The third-order valence-electron chi connectivity index (χ3n) is 10.8. The maximum absolute atomic E-state index is 13.4. The van der Waals surface area contributed by atoms with Crippen molar-refractivity contribution >= 4 is 29.5 Å². The number of carbonyl (C=O) groups excluding carboxylic acids is 3. The lowest BCUT2D eigenvalue weighted by Gasteiger charge is -2.25. The lowest BCUT2D eigenvalue weighted by molar-refractivity contribution is -0.140. The van der Waals surface area contributed by atoms with Gasteiger partial charge in [0, 0.05) is 62.3 Å². The van der Waals surface area contributed by atoms with Crippen LogP contribution in [0.2, 0.25) is 0 Å². The summed E-state index contributed by atoms with van der Waals surface area (Å²) in [5.41, 5.74) is 1.49. The summed E-state index contributed by atoms with van der Waals surface area (Å²) in [5, 5.41) is 21.3. The van der Waals surface area contributed by atoms with Crippen molar-refractivity contribution in [2.24, 2.45) is 0 Å². The van der Waals surface area contributed by atoms with Crippen LogP contribution in [0.15, 0.2) is 97.1 Å². The number of halogens is 2. The van der Waals surface area contributed by atoms with Crippen LogP contribution in [0.25, 0.3) is 0 Å². The molecular formula is C48H58F2N2O8S. The van der Waals surface area contributed by atoms with Crippen LogP contribution in [0.3, 0.4) is 0 Å². The standard InChI is InChI=1S/C26H32FNO5S.C22H26FNO3/c1-32-26(31)9-4-15-34-16-14-28-21(11-13-25(28)30)10-12-24(29)19-5-2-7-22(17-19)33-23-8-3-6-20(27)18-23;1-2-13-24-18(10-12-22(24)26)9-11-21(25)16-5-3-7-19(14-16)27-20-8-4-6-17(23)15-20/h2-3,5-8,17-18,21,24,29H,4,9-16H2,1H3;3-8,14-15,18,21,25H,2,9-13H2,1H3/t21-,24?;18-,21?/m00/s1. The fourth-order valence-electron chi connectivity index (χ4n) is 7.67. The number of carbonyl (C=O) groups is 3. The SMILES string of the molecule is CCCN1C(=O)CC[C@@H]1CCC(O)c1cccc(Oc2cccc(F)c2)c1.COC(=O)CCCSCCN1C(=O)CC[C@@H]1CCC(O)c1cccc(Oc2cccc(F)c2)c1. The number of hydrogen-bond donors (Lipinski definition) is 2. The Morgan fingerprint density at radius 2 is 1.16 bits per heavy atom. The topological polar surface area (TPSA) is 126 Å². The Kier molecular flexibility index (Phi) is 18.9. The molecule has 0 aliphatic carbocycles. The molecule has 4 aromatic rings. The number of benzene rings is 4. The van der Waals surface area contributed by atoms with Crippen molar-refractivity contribution in [1.82, 2.24) is 9.80 Å². The van der Waals surface area contributed by atoms with E-state index in [-0.39, 0.29) is 41.5 Å². The number of hydrogen-bond acceptors (Lipinski definition) is 9. The molecule has 13 heteroatoms. The number of ether oxygens (including phenoxy) is 3. The number of esters is 1. The van der Waals surface area contributed by atoms with E-state index in [9.17, 15) is 33.4 Å². The van der Waals surface area contributed by atoms with E-state index in [1.807, 2.05) is 28.0 Å². The second-order valence-electron chi connectivity index (χ2n) is 15.3. The van der Waals surface area contributed by atoms with Gasteiger partial charge in [0.25, 0.3) is 0 Å². The first kappa shape index (κ1) is 47.1. The van der Waals surface area contributed by atoms with Crippen LogP contribution in [-0.2, 0) is 19.1 Å². The Morgan fingerprint density at radius 1 is 0.705 bits per heavy atom. The molecule has 2 fully saturated rings. The Morgan fingerprint density at radius 3 is 1.62 bits per heavy atom. The van der Waals surface area contributed by atoms with Gasteiger partial charge in [-0.25, -0.2) is 8.78 Å². The predicted octanol–water partition coefficient (Wildman–Crippen LogP) is 9.94. The summed E-state index contributed by atoms with van der Waals surface area (Å²) < 4.78 is 42.7. The summed E-state index contributed by atoms with van der Waals surface area (Å²) in [7, 11) is 1.39. The van der Waals surface area contributed by atoms with Crippen molar-refractivity contribution in [1.29, 1.82) is 0 Å². The number of aliphatic hydroxyl groups is 2. The van der Waals surface area contributed by atoms with E-state index in [0.29, 0.717) is 61.6 Å². The normalized spacial score (nSPS) is 17.1. The smallest absolute Gasteiger partial charge is 0.305 e. The molecule has 2 aliphatic rings. The Labute approximate surface area is 362 Å². The minimum absolute atomic E-state index is 0.129. The van der Waals surface area contributed by atoms with Gasteiger partial charge < -0.3 is 34.2 Å². The van der Waals surface area contributed by atoms with E-state index in [4.69, 9.17) is 9.47 Å². The summed E-state index contributed by atoms with van der Waals surface area (Å²) in [6, 6.07) is 26.6. The number of thioether (sulfide) groups is 1. The monoisotopic (exact) mass is 860 g/mol. The van der Waals surface area contributed by atoms with Gasteiger partial charge in [-0.1, -0.05) is 43.3 Å². The van der Waals surface area contributed by atoms with Crippen molar-refractivity contribution in [3.63, 3.8) is 0 Å². The minimum Gasteiger partial charge on any atom is -0.469 e. The van der Waals surface area contributed by atoms with E-state index >= 15 is 0 Å². The second-order valence-corrected chi connectivity index (χ2v) is 16.5. The predicted molar refractivity (Wildman–Crippen MR) is 233 cm³/mol. The molecule has 6 rings (SSSR count). The lowest BCUT2D eigenvalue weighted by atomic mass is 10.0. The zero-order valence-electron chi connectivity index (χ0n) is 35.1. The molecule has 10 nitrogen and oxygen atoms in total. The van der Waals surface area contributed by atoms with Crippen molar-refractivity contribution in [3.05, 3.63) is 120 Å². The molecule has 328 valence electrons. The quantitative estimate of drug-likeness (QED) is 0.0622. The molecule has 2 heterocycles. The number of amides is 2. The highest BCUT2D eigenvalue weighted by Gasteiger charge is 2.31. The zero-order chi connectivity index (χ0) is 43.6. The summed E-state index contributed by atoms with van der Waals surface area (Å²) in [5.74, 6) is 3.05. The third kappa shape index (κ3) is 15.2. The van der Waals surface area contributed by atoms with Crippen LogP contribution in [0.4, 0.5) is 8.78 Å². The summed E-state index contributed by atoms with van der Waals surface area (Å²) in [6.07, 6.45) is 6.27. The molecular weight excluding hydrogens is 803 g/mol. The highest BCUT2D eigenvalue weighted by molar-refractivity contribution is 7.99. The number of aliphatic hydroxyl groups excluding tert-OH is 2. The minimum atomic E-state index is -0.679. The van der Waals surface area contributed by atoms with Crippen molar-refractivity contribution in [2.45, 2.75) is 102 Å². The van der Waals surface area contributed by atoms with Gasteiger partial charge in [-0.2, -0.15) is 11.8 Å². The van der Waals surface area contributed by atoms with Crippen LogP contribution in [0, 0.1) is 11.6 Å². The van der Waals surface area contributed by atoms with Crippen LogP contribution in [-0.4, -0.2) is 81.6 Å². The van der Waals surface area contributed by atoms with E-state index < -0.39 is 12.2 Å². The lowest BCUT2D eigenvalue weighted by Crippen LogP contribution is -2.35. The largest absolute Gasteiger partial charge is 0.469 e. The van der Waals surface area contributed by atoms with Gasteiger partial charge in [0.1, 0.15) is 34.6 Å². The van der Waals surface area contributed by atoms with Gasteiger partial charge in [-0.15, -0.1) is 0 Å². The molecule has 2 saturated heterocycles. The van der Waals surface area contributed by atoms with Crippen molar-refractivity contribution in [3.8, 4) is 23.0 Å². The summed E-state index contributed by atoms with van der Waals surface area (Å²) in [4.78, 5) is 39.3. The van der Waals surface area contributed by atoms with Crippen LogP contribution in [0.5, 0.6) is 23.0 Å². The summed E-state index contributed by atoms with van der Waals surface area (Å²) in [6.45, 7) is 3.54. The zero-order valence-corrected chi connectivity index (χ0v) is 35.9. The maximum atomic E-state index is 13.4. The molecule has 2 N–H and O–H groups in total. The van der Waals surface area contributed by atoms with Crippen molar-refractivity contribution < 1.29 is 47.6 Å². The molecule has 4 aromatic carbocycles. The van der Waals surface area contributed by atoms with Crippen LogP contribution in [0.1, 0.15) is 101 Å². The van der Waals surface area contributed by atoms with Crippen LogP contribution < -0.4 is 9.47 Å². The van der Waals surface area contributed by atoms with E-state index in [2.05, 4.69) is 11.7 Å². The molecule has 2 unspecified atom stereocenters. The highest BCUT2D eigenvalue weighted by Crippen LogP contribution is 2.32. The highest BCUT2D eigenvalue weighted by atomic mass is 32.2. The van der Waals surface area contributed by atoms with Crippen molar-refractivity contribution in [2.75, 3.05) is 31.7 Å². The molecule has 4 atom stereocenters. The Hall–Kier alpha value is -4.98. The number of rotatable bonds is 21. The van der Waals surface area contributed by atoms with Gasteiger partial charge in [0.05, 0.1) is 19.3 Å². The van der Waals surface area contributed by atoms with E-state index in [1.54, 1.807) is 66.4 Å². The first-order valence-electron chi connectivity index (χ1n) is 21.2. The molecule has 2 aliphatic heterocycles. The fourth-order valence-corrected chi connectivity index (χ4v) is 8.54. The Balaban J connectivity index is 0.000000237. The molecule has 0 bridgehead atoms. The molecule has 0 saturated carbocycles. The first-order valence-corrected chi connectivity index (χ1v) is 22.3. The average molecular weight is 861 g/mol. The molecule has 0 spiro atoms. The fraction of sp³-hybridized carbons (Fsp3) is 0.438. The molecule has 0 radical (unpaired) electrons. The van der Waals surface area contributed by atoms with E-state index in [0.717, 1.165) is 67.7 Å². The van der Waals surface area contributed by atoms with E-state index in [1.165, 1.54) is 31.4 Å². The average Bonchev–Trinajstić information content (AvgIpc) is 3.79. The summed E-state index contributed by atoms with van der Waals surface area (Å²) >= 11 is 1.73. The van der Waals surface area contributed by atoms with Gasteiger partial charge in [0.15, 0.2) is 0 Å². The first-order chi connectivity index (χ1) is 29.5. The van der Waals surface area contributed by atoms with Gasteiger partial charge >= 0.3 is 5.97 Å². The number of nitrogens with zero attached hydrogens (tertiary/aromatic N) is 2. The Bertz CT molecular complexity index is 2020. The van der Waals surface area contributed by atoms with Crippen LogP contribution >= 0.6 is 11.8 Å². The van der Waals surface area contributed by atoms with Gasteiger partial charge in [-0.05, 0) is 117 Å². The van der Waals surface area contributed by atoms with Gasteiger partial charge in [-0.3, -0.25) is 14.4 Å².